The fraction of sp³-hybridized carbons (Fsp3) is 0.0500. The summed E-state index contributed by atoms with van der Waals surface area (Å²) >= 11 is 0. The van der Waals surface area contributed by atoms with E-state index in [9.17, 15) is 5.11 Å². The Morgan fingerprint density at radius 3 is 2.54 bits per heavy atom. The van der Waals surface area contributed by atoms with Gasteiger partial charge in [-0.15, -0.1) is 0 Å². The number of imidazole rings is 1. The van der Waals surface area contributed by atoms with Gasteiger partial charge in [-0.2, -0.15) is 0 Å². The Balaban J connectivity index is 1.92. The van der Waals surface area contributed by atoms with Crippen molar-refractivity contribution in [1.29, 1.82) is 0 Å². The summed E-state index contributed by atoms with van der Waals surface area (Å²) in [5, 5.41) is 9.76. The molecule has 4 nitrogen and oxygen atoms in total. The quantitative estimate of drug-likeness (QED) is 0.610. The van der Waals surface area contributed by atoms with E-state index in [0.717, 1.165) is 33.5 Å². The summed E-state index contributed by atoms with van der Waals surface area (Å²) in [7, 11) is 1.66. The number of ether oxygens (including phenoxy) is 1. The lowest BCUT2D eigenvalue weighted by Gasteiger charge is -2.10. The Morgan fingerprint density at radius 2 is 1.79 bits per heavy atom. The molecule has 0 atom stereocenters. The minimum atomic E-state index is 0.254. The molecule has 118 valence electrons. The van der Waals surface area contributed by atoms with Crippen molar-refractivity contribution in [2.45, 2.75) is 0 Å². The molecule has 4 heteroatoms. The summed E-state index contributed by atoms with van der Waals surface area (Å²) in [5.41, 5.74) is 5.17. The number of hydrogen-bond acceptors (Lipinski definition) is 3. The normalized spacial score (nSPS) is 10.9. The van der Waals surface area contributed by atoms with Crippen molar-refractivity contribution in [1.82, 2.24) is 9.38 Å². The zero-order valence-electron chi connectivity index (χ0n) is 13.2. The van der Waals surface area contributed by atoms with Gasteiger partial charge < -0.3 is 14.2 Å². The van der Waals surface area contributed by atoms with Crippen LogP contribution in [-0.4, -0.2) is 21.6 Å². The van der Waals surface area contributed by atoms with Crippen LogP contribution in [0.2, 0.25) is 0 Å². The van der Waals surface area contributed by atoms with Crippen molar-refractivity contribution >= 4 is 5.52 Å². The lowest BCUT2D eigenvalue weighted by atomic mass is 10.00. The van der Waals surface area contributed by atoms with E-state index in [0.29, 0.717) is 0 Å². The molecule has 0 bridgehead atoms. The van der Waals surface area contributed by atoms with Gasteiger partial charge in [0, 0.05) is 11.8 Å². The number of aromatic hydroxyl groups is 1. The zero-order valence-corrected chi connectivity index (χ0v) is 13.2. The molecule has 2 aromatic carbocycles. The monoisotopic (exact) mass is 316 g/mol. The zero-order chi connectivity index (χ0) is 16.5. The number of phenolic OH excluding ortho intramolecular Hbond substituents is 1. The maximum Gasteiger partial charge on any atom is 0.118 e. The number of aromatic nitrogens is 2. The Hall–Kier alpha value is -3.27. The van der Waals surface area contributed by atoms with Crippen LogP contribution in [0.3, 0.4) is 0 Å². The summed E-state index contributed by atoms with van der Waals surface area (Å²) in [6.45, 7) is 0. The first-order valence-electron chi connectivity index (χ1n) is 7.64. The molecule has 0 saturated carbocycles. The summed E-state index contributed by atoms with van der Waals surface area (Å²) in [5.74, 6) is 1.08. The van der Waals surface area contributed by atoms with Crippen LogP contribution in [0.5, 0.6) is 11.5 Å². The van der Waals surface area contributed by atoms with E-state index in [4.69, 9.17) is 4.74 Å². The van der Waals surface area contributed by atoms with Gasteiger partial charge in [-0.3, -0.25) is 0 Å². The van der Waals surface area contributed by atoms with Gasteiger partial charge in [0.25, 0.3) is 0 Å². The molecule has 0 amide bonds. The maximum absolute atomic E-state index is 9.76. The second-order valence-electron chi connectivity index (χ2n) is 5.61. The van der Waals surface area contributed by atoms with E-state index in [2.05, 4.69) is 11.1 Å². The number of rotatable bonds is 3. The van der Waals surface area contributed by atoms with Crippen molar-refractivity contribution < 1.29 is 9.84 Å². The molecule has 0 radical (unpaired) electrons. The molecule has 2 heterocycles. The van der Waals surface area contributed by atoms with Crippen LogP contribution in [-0.2, 0) is 0 Å². The number of nitrogens with zero attached hydrogens (tertiary/aromatic N) is 2. The molecule has 1 N–H and O–H groups in total. The first-order valence-corrected chi connectivity index (χ1v) is 7.64. The summed E-state index contributed by atoms with van der Waals surface area (Å²) in [4.78, 5) is 4.26. The highest BCUT2D eigenvalue weighted by Crippen LogP contribution is 2.32. The van der Waals surface area contributed by atoms with E-state index < -0.39 is 0 Å². The number of pyridine rings is 1. The molecule has 0 saturated heterocycles. The molecule has 24 heavy (non-hydrogen) atoms. The fourth-order valence-corrected chi connectivity index (χ4v) is 2.88. The van der Waals surface area contributed by atoms with Crippen LogP contribution in [0.4, 0.5) is 0 Å². The number of benzene rings is 2. The molecule has 4 rings (SSSR count). The van der Waals surface area contributed by atoms with Crippen molar-refractivity contribution in [2.75, 3.05) is 7.11 Å². The van der Waals surface area contributed by atoms with Crippen LogP contribution >= 0.6 is 0 Å². The van der Waals surface area contributed by atoms with Crippen LogP contribution in [0.15, 0.2) is 73.3 Å². The topological polar surface area (TPSA) is 46.8 Å². The van der Waals surface area contributed by atoms with Crippen LogP contribution < -0.4 is 4.74 Å². The summed E-state index contributed by atoms with van der Waals surface area (Å²) in [6.07, 6.45) is 5.66. The number of hydrogen-bond donors (Lipinski definition) is 1. The molecule has 0 aliphatic heterocycles. The smallest absolute Gasteiger partial charge is 0.118 e. The maximum atomic E-state index is 9.76. The van der Waals surface area contributed by atoms with Gasteiger partial charge in [0.2, 0.25) is 0 Å². The molecular formula is C20H16N2O2. The van der Waals surface area contributed by atoms with E-state index in [-0.39, 0.29) is 5.75 Å². The van der Waals surface area contributed by atoms with E-state index in [1.165, 1.54) is 0 Å². The second-order valence-corrected chi connectivity index (χ2v) is 5.61. The first kappa shape index (κ1) is 14.3. The van der Waals surface area contributed by atoms with Gasteiger partial charge in [0.15, 0.2) is 0 Å². The highest BCUT2D eigenvalue weighted by molar-refractivity contribution is 5.84. The predicted octanol–water partition coefficient (Wildman–Crippen LogP) is 4.38. The van der Waals surface area contributed by atoms with Gasteiger partial charge in [-0.05, 0) is 47.0 Å². The second kappa shape index (κ2) is 5.74. The average molecular weight is 316 g/mol. The average Bonchev–Trinajstić information content (AvgIpc) is 3.09. The standard InChI is InChI=1S/C20H16N2O2/c1-24-18-7-5-14(6-8-18)19-10-16(12-22-13-21-11-20(19)22)15-3-2-4-17(23)9-15/h2-13,23H,1H3. The highest BCUT2D eigenvalue weighted by atomic mass is 16.5. The molecule has 4 aromatic rings. The highest BCUT2D eigenvalue weighted by Gasteiger charge is 2.09. The minimum absolute atomic E-state index is 0.254. The third-order valence-corrected chi connectivity index (χ3v) is 4.10. The van der Waals surface area contributed by atoms with Crippen molar-refractivity contribution in [3.8, 4) is 33.8 Å². The molecule has 0 aliphatic rings. The van der Waals surface area contributed by atoms with Gasteiger partial charge in [0.05, 0.1) is 25.2 Å². The van der Waals surface area contributed by atoms with E-state index in [1.54, 1.807) is 25.6 Å². The third kappa shape index (κ3) is 2.48. The van der Waals surface area contributed by atoms with Gasteiger partial charge in [-0.25, -0.2) is 4.98 Å². The number of fused-ring (bicyclic) bond motifs is 1. The molecule has 2 aromatic heterocycles. The molecule has 0 unspecified atom stereocenters. The molecular weight excluding hydrogens is 300 g/mol. The van der Waals surface area contributed by atoms with Gasteiger partial charge in [0.1, 0.15) is 11.5 Å². The van der Waals surface area contributed by atoms with Crippen molar-refractivity contribution in [3.05, 3.63) is 73.3 Å². The van der Waals surface area contributed by atoms with Crippen LogP contribution in [0.25, 0.3) is 27.8 Å². The van der Waals surface area contributed by atoms with E-state index in [1.807, 2.05) is 53.2 Å². The third-order valence-electron chi connectivity index (χ3n) is 4.10. The number of phenols is 1. The Bertz CT molecular complexity index is 1000. The first-order chi connectivity index (χ1) is 11.7. The SMILES string of the molecule is COc1ccc(-c2cc(-c3cccc(O)c3)cn3cncc23)cc1. The fourth-order valence-electron chi connectivity index (χ4n) is 2.88. The Labute approximate surface area is 139 Å². The predicted molar refractivity (Wildman–Crippen MR) is 94.3 cm³/mol. The van der Waals surface area contributed by atoms with Crippen LogP contribution in [0.1, 0.15) is 0 Å². The largest absolute Gasteiger partial charge is 0.508 e. The summed E-state index contributed by atoms with van der Waals surface area (Å²) in [6, 6.07) is 17.3. The molecule has 0 fully saturated rings. The van der Waals surface area contributed by atoms with Gasteiger partial charge >= 0.3 is 0 Å². The summed E-state index contributed by atoms with van der Waals surface area (Å²) < 4.78 is 7.24. The van der Waals surface area contributed by atoms with Crippen molar-refractivity contribution in [3.63, 3.8) is 0 Å². The molecule has 0 spiro atoms. The van der Waals surface area contributed by atoms with Crippen molar-refractivity contribution in [2.24, 2.45) is 0 Å². The number of methoxy groups -OCH3 is 1. The van der Waals surface area contributed by atoms with Gasteiger partial charge in [-0.1, -0.05) is 24.3 Å². The Morgan fingerprint density at radius 1 is 0.958 bits per heavy atom. The van der Waals surface area contributed by atoms with E-state index >= 15 is 0 Å². The lowest BCUT2D eigenvalue weighted by Crippen LogP contribution is -1.90. The molecule has 0 aliphatic carbocycles. The lowest BCUT2D eigenvalue weighted by molar-refractivity contribution is 0.415. The van der Waals surface area contributed by atoms with Crippen LogP contribution in [0, 0.1) is 0 Å². The Kier molecular flexibility index (Phi) is 3.43. The minimum Gasteiger partial charge on any atom is -0.508 e.